The van der Waals surface area contributed by atoms with Crippen LogP contribution in [0, 0.1) is 0 Å². The number of ether oxygens (including phenoxy) is 1. The van der Waals surface area contributed by atoms with Gasteiger partial charge in [-0.1, -0.05) is 48.5 Å². The molecule has 4 heteroatoms. The molecule has 1 heterocycles. The summed E-state index contributed by atoms with van der Waals surface area (Å²) in [6.07, 6.45) is 3.09. The van der Waals surface area contributed by atoms with E-state index in [1.54, 1.807) is 4.90 Å². The molecule has 0 spiro atoms. The third-order valence-electron chi connectivity index (χ3n) is 4.21. The molecule has 0 aromatic heterocycles. The molecule has 1 fully saturated rings. The second-order valence-electron chi connectivity index (χ2n) is 5.89. The third kappa shape index (κ3) is 3.98. The standard InChI is InChI=1S/C20H20ClNO2/c1-2-20(23)22-10-8-18(9-11-22)24-19-13-16(12-17(21)14-19)15-6-4-3-5-7-15/h2-7,12-14,18H,1,8-11H2. The molecule has 0 unspecified atom stereocenters. The van der Waals surface area contributed by atoms with Crippen LogP contribution in [0.2, 0.25) is 5.02 Å². The molecule has 3 rings (SSSR count). The molecular weight excluding hydrogens is 322 g/mol. The van der Waals surface area contributed by atoms with Gasteiger partial charge in [-0.3, -0.25) is 4.79 Å². The van der Waals surface area contributed by atoms with Gasteiger partial charge >= 0.3 is 0 Å². The monoisotopic (exact) mass is 341 g/mol. The zero-order valence-corrected chi connectivity index (χ0v) is 14.2. The Labute approximate surface area is 147 Å². The Kier molecular flexibility index (Phi) is 5.21. The molecular formula is C20H20ClNO2. The Balaban J connectivity index is 1.69. The van der Waals surface area contributed by atoms with E-state index in [0.29, 0.717) is 18.1 Å². The maximum atomic E-state index is 11.6. The smallest absolute Gasteiger partial charge is 0.245 e. The highest BCUT2D eigenvalue weighted by atomic mass is 35.5. The summed E-state index contributed by atoms with van der Waals surface area (Å²) in [4.78, 5) is 13.4. The van der Waals surface area contributed by atoms with E-state index in [9.17, 15) is 4.79 Å². The second kappa shape index (κ2) is 7.54. The number of halogens is 1. The number of carbonyl (C=O) groups is 1. The lowest BCUT2D eigenvalue weighted by molar-refractivity contribution is -0.127. The van der Waals surface area contributed by atoms with Crippen LogP contribution in [-0.4, -0.2) is 30.0 Å². The highest BCUT2D eigenvalue weighted by molar-refractivity contribution is 6.31. The summed E-state index contributed by atoms with van der Waals surface area (Å²) < 4.78 is 6.11. The normalized spacial score (nSPS) is 15.1. The predicted molar refractivity (Wildman–Crippen MR) is 97.3 cm³/mol. The number of carbonyl (C=O) groups excluding carboxylic acids is 1. The lowest BCUT2D eigenvalue weighted by Gasteiger charge is -2.31. The van der Waals surface area contributed by atoms with Crippen molar-refractivity contribution in [1.82, 2.24) is 4.90 Å². The van der Waals surface area contributed by atoms with E-state index >= 15 is 0 Å². The summed E-state index contributed by atoms with van der Waals surface area (Å²) in [5.74, 6) is 0.761. The number of benzene rings is 2. The lowest BCUT2D eigenvalue weighted by Crippen LogP contribution is -2.41. The van der Waals surface area contributed by atoms with Gasteiger partial charge in [0, 0.05) is 31.0 Å². The van der Waals surface area contributed by atoms with Crippen LogP contribution in [-0.2, 0) is 4.79 Å². The van der Waals surface area contributed by atoms with Gasteiger partial charge < -0.3 is 9.64 Å². The Morgan fingerprint density at radius 2 is 1.83 bits per heavy atom. The van der Waals surface area contributed by atoms with Crippen molar-refractivity contribution >= 4 is 17.5 Å². The molecule has 1 aliphatic heterocycles. The molecule has 1 amide bonds. The highest BCUT2D eigenvalue weighted by Gasteiger charge is 2.22. The first-order chi connectivity index (χ1) is 11.7. The molecule has 124 valence electrons. The molecule has 0 radical (unpaired) electrons. The third-order valence-corrected chi connectivity index (χ3v) is 4.43. The van der Waals surface area contributed by atoms with Gasteiger partial charge in [0.2, 0.25) is 5.91 Å². The maximum absolute atomic E-state index is 11.6. The van der Waals surface area contributed by atoms with E-state index in [4.69, 9.17) is 16.3 Å². The molecule has 1 saturated heterocycles. The molecule has 0 atom stereocenters. The quantitative estimate of drug-likeness (QED) is 0.763. The van der Waals surface area contributed by atoms with Crippen molar-refractivity contribution < 1.29 is 9.53 Å². The number of likely N-dealkylation sites (tertiary alicyclic amines) is 1. The topological polar surface area (TPSA) is 29.5 Å². The van der Waals surface area contributed by atoms with E-state index in [0.717, 1.165) is 29.7 Å². The van der Waals surface area contributed by atoms with E-state index in [1.165, 1.54) is 6.08 Å². The zero-order chi connectivity index (χ0) is 16.9. The van der Waals surface area contributed by atoms with Gasteiger partial charge in [-0.05, 0) is 35.4 Å². The van der Waals surface area contributed by atoms with Gasteiger partial charge in [0.25, 0.3) is 0 Å². The summed E-state index contributed by atoms with van der Waals surface area (Å²) in [6.45, 7) is 4.93. The largest absolute Gasteiger partial charge is 0.490 e. The number of nitrogens with zero attached hydrogens (tertiary/aromatic N) is 1. The Morgan fingerprint density at radius 1 is 1.12 bits per heavy atom. The minimum Gasteiger partial charge on any atom is -0.490 e. The summed E-state index contributed by atoms with van der Waals surface area (Å²) in [7, 11) is 0. The Bertz CT molecular complexity index is 722. The number of piperidine rings is 1. The van der Waals surface area contributed by atoms with Crippen LogP contribution in [0.25, 0.3) is 11.1 Å². The molecule has 2 aromatic carbocycles. The summed E-state index contributed by atoms with van der Waals surface area (Å²) in [5, 5.41) is 0.658. The van der Waals surface area contributed by atoms with Crippen LogP contribution in [0.3, 0.4) is 0 Å². The van der Waals surface area contributed by atoms with Crippen molar-refractivity contribution in [3.8, 4) is 16.9 Å². The number of rotatable bonds is 4. The Morgan fingerprint density at radius 3 is 2.50 bits per heavy atom. The molecule has 24 heavy (non-hydrogen) atoms. The first-order valence-electron chi connectivity index (χ1n) is 8.10. The van der Waals surface area contributed by atoms with Crippen molar-refractivity contribution in [2.75, 3.05) is 13.1 Å². The van der Waals surface area contributed by atoms with E-state index in [2.05, 4.69) is 18.7 Å². The molecule has 0 N–H and O–H groups in total. The number of amides is 1. The van der Waals surface area contributed by atoms with Crippen molar-refractivity contribution in [2.24, 2.45) is 0 Å². The van der Waals surface area contributed by atoms with Crippen molar-refractivity contribution in [3.63, 3.8) is 0 Å². The second-order valence-corrected chi connectivity index (χ2v) is 6.32. The fourth-order valence-electron chi connectivity index (χ4n) is 2.94. The van der Waals surface area contributed by atoms with Crippen molar-refractivity contribution in [2.45, 2.75) is 18.9 Å². The van der Waals surface area contributed by atoms with Gasteiger partial charge in [-0.2, -0.15) is 0 Å². The van der Waals surface area contributed by atoms with Crippen LogP contribution < -0.4 is 4.74 Å². The lowest BCUT2D eigenvalue weighted by atomic mass is 10.1. The first kappa shape index (κ1) is 16.6. The number of hydrogen-bond acceptors (Lipinski definition) is 2. The van der Waals surface area contributed by atoms with E-state index in [1.807, 2.05) is 36.4 Å². The van der Waals surface area contributed by atoms with E-state index < -0.39 is 0 Å². The van der Waals surface area contributed by atoms with Gasteiger partial charge in [0.1, 0.15) is 11.9 Å². The molecule has 1 aliphatic rings. The molecule has 3 nitrogen and oxygen atoms in total. The summed E-state index contributed by atoms with van der Waals surface area (Å²) in [5.41, 5.74) is 2.15. The van der Waals surface area contributed by atoms with E-state index in [-0.39, 0.29) is 12.0 Å². The summed E-state index contributed by atoms with van der Waals surface area (Å²) in [6, 6.07) is 15.9. The molecule has 0 bridgehead atoms. The Hall–Kier alpha value is -2.26. The molecule has 0 aliphatic carbocycles. The van der Waals surface area contributed by atoms with Gasteiger partial charge in [-0.15, -0.1) is 0 Å². The average Bonchev–Trinajstić information content (AvgIpc) is 2.62. The van der Waals surface area contributed by atoms with Gasteiger partial charge in [0.05, 0.1) is 0 Å². The fourth-order valence-corrected chi connectivity index (χ4v) is 3.17. The highest BCUT2D eigenvalue weighted by Crippen LogP contribution is 2.30. The molecule has 0 saturated carbocycles. The predicted octanol–water partition coefficient (Wildman–Crippen LogP) is 4.56. The minimum absolute atomic E-state index is 0.0115. The number of hydrogen-bond donors (Lipinski definition) is 0. The van der Waals surface area contributed by atoms with Gasteiger partial charge in [-0.25, -0.2) is 0 Å². The van der Waals surface area contributed by atoms with Crippen molar-refractivity contribution in [1.29, 1.82) is 0 Å². The van der Waals surface area contributed by atoms with Crippen LogP contribution in [0.4, 0.5) is 0 Å². The SMILES string of the molecule is C=CC(=O)N1CCC(Oc2cc(Cl)cc(-c3ccccc3)c2)CC1. The summed E-state index contributed by atoms with van der Waals surface area (Å²) >= 11 is 6.26. The van der Waals surface area contributed by atoms with Crippen LogP contribution >= 0.6 is 11.6 Å². The van der Waals surface area contributed by atoms with Gasteiger partial charge in [0.15, 0.2) is 0 Å². The first-order valence-corrected chi connectivity index (χ1v) is 8.47. The van der Waals surface area contributed by atoms with Crippen molar-refractivity contribution in [3.05, 3.63) is 66.2 Å². The maximum Gasteiger partial charge on any atom is 0.245 e. The minimum atomic E-state index is -0.0115. The average molecular weight is 342 g/mol. The van der Waals surface area contributed by atoms with Crippen LogP contribution in [0.5, 0.6) is 5.75 Å². The molecule has 2 aromatic rings. The zero-order valence-electron chi connectivity index (χ0n) is 13.5. The van der Waals surface area contributed by atoms with Crippen LogP contribution in [0.15, 0.2) is 61.2 Å². The fraction of sp³-hybridized carbons (Fsp3) is 0.250. The van der Waals surface area contributed by atoms with Crippen LogP contribution in [0.1, 0.15) is 12.8 Å².